The van der Waals surface area contributed by atoms with E-state index in [0.29, 0.717) is 24.4 Å². The van der Waals surface area contributed by atoms with Crippen LogP contribution in [0.25, 0.3) is 0 Å². The predicted octanol–water partition coefficient (Wildman–Crippen LogP) is 3.81. The summed E-state index contributed by atoms with van der Waals surface area (Å²) >= 11 is 0. The number of nitriles is 1. The first kappa shape index (κ1) is 18.3. The molecule has 1 fully saturated rings. The van der Waals surface area contributed by atoms with Gasteiger partial charge in [-0.3, -0.25) is 0 Å². The molecular weight excluding hydrogens is 328 g/mol. The lowest BCUT2D eigenvalue weighted by Gasteiger charge is -2.35. The summed E-state index contributed by atoms with van der Waals surface area (Å²) in [4.78, 5) is 0. The lowest BCUT2D eigenvalue weighted by Crippen LogP contribution is -2.37. The van der Waals surface area contributed by atoms with Gasteiger partial charge in [0.1, 0.15) is 0 Å². The third-order valence-electron chi connectivity index (χ3n) is 4.39. The van der Waals surface area contributed by atoms with E-state index in [2.05, 4.69) is 20.9 Å². The molecular formula is C16H18F4N2O2. The molecule has 24 heavy (non-hydrogen) atoms. The maximum atomic E-state index is 12.5. The van der Waals surface area contributed by atoms with E-state index in [-0.39, 0.29) is 0 Å². The summed E-state index contributed by atoms with van der Waals surface area (Å²) in [5.41, 5.74) is -0.381. The van der Waals surface area contributed by atoms with Crippen molar-refractivity contribution in [2.24, 2.45) is 0 Å². The van der Waals surface area contributed by atoms with Gasteiger partial charge in [-0.15, -0.1) is 0 Å². The lowest BCUT2D eigenvalue weighted by atomic mass is 9.69. The SMILES string of the molecule is CNC1CCC(C#N)(c2ccc(OC(F)F)c(OC(F)F)c2)CC1. The molecule has 1 aromatic carbocycles. The molecule has 0 radical (unpaired) electrons. The minimum Gasteiger partial charge on any atom is -0.431 e. The summed E-state index contributed by atoms with van der Waals surface area (Å²) in [6, 6.07) is 6.36. The van der Waals surface area contributed by atoms with Crippen LogP contribution in [0.15, 0.2) is 18.2 Å². The Morgan fingerprint density at radius 1 is 1.12 bits per heavy atom. The van der Waals surface area contributed by atoms with Gasteiger partial charge < -0.3 is 14.8 Å². The van der Waals surface area contributed by atoms with Crippen molar-refractivity contribution in [3.05, 3.63) is 23.8 Å². The fourth-order valence-corrected chi connectivity index (χ4v) is 3.05. The molecule has 132 valence electrons. The lowest BCUT2D eigenvalue weighted by molar-refractivity contribution is -0.0693. The Hall–Kier alpha value is -2.01. The molecule has 0 atom stereocenters. The van der Waals surface area contributed by atoms with Crippen LogP contribution in [0, 0.1) is 11.3 Å². The molecule has 0 heterocycles. The van der Waals surface area contributed by atoms with Crippen molar-refractivity contribution in [1.29, 1.82) is 5.26 Å². The van der Waals surface area contributed by atoms with Gasteiger partial charge >= 0.3 is 13.2 Å². The highest BCUT2D eigenvalue weighted by molar-refractivity contribution is 5.47. The summed E-state index contributed by atoms with van der Waals surface area (Å²) in [6.07, 6.45) is 2.59. The Kier molecular flexibility index (Phi) is 5.89. The molecule has 2 rings (SSSR count). The van der Waals surface area contributed by atoms with E-state index in [1.54, 1.807) is 0 Å². The van der Waals surface area contributed by atoms with Gasteiger partial charge in [0.05, 0.1) is 11.5 Å². The molecule has 1 N–H and O–H groups in total. The monoisotopic (exact) mass is 346 g/mol. The number of rotatable bonds is 6. The second kappa shape index (κ2) is 7.71. The van der Waals surface area contributed by atoms with Crippen LogP contribution in [0.5, 0.6) is 11.5 Å². The Morgan fingerprint density at radius 2 is 1.71 bits per heavy atom. The first-order valence-electron chi connectivity index (χ1n) is 7.53. The average Bonchev–Trinajstić information content (AvgIpc) is 2.55. The van der Waals surface area contributed by atoms with Gasteiger partial charge in [0.25, 0.3) is 0 Å². The van der Waals surface area contributed by atoms with Crippen LogP contribution in [0.4, 0.5) is 17.6 Å². The van der Waals surface area contributed by atoms with E-state index in [4.69, 9.17) is 0 Å². The second-order valence-corrected chi connectivity index (χ2v) is 5.68. The number of alkyl halides is 4. The van der Waals surface area contributed by atoms with Crippen molar-refractivity contribution in [1.82, 2.24) is 5.32 Å². The Balaban J connectivity index is 2.34. The van der Waals surface area contributed by atoms with Gasteiger partial charge in [-0.05, 0) is 50.4 Å². The van der Waals surface area contributed by atoms with Crippen molar-refractivity contribution < 1.29 is 27.0 Å². The largest absolute Gasteiger partial charge is 0.431 e. The molecule has 0 amide bonds. The van der Waals surface area contributed by atoms with Gasteiger partial charge in [-0.1, -0.05) is 6.07 Å². The first-order chi connectivity index (χ1) is 11.4. The molecule has 1 aliphatic rings. The summed E-state index contributed by atoms with van der Waals surface area (Å²) in [6.45, 7) is -6.34. The third-order valence-corrected chi connectivity index (χ3v) is 4.39. The number of hydrogen-bond acceptors (Lipinski definition) is 4. The first-order valence-corrected chi connectivity index (χ1v) is 7.53. The van der Waals surface area contributed by atoms with Crippen molar-refractivity contribution >= 4 is 0 Å². The minimum absolute atomic E-state index is 0.296. The average molecular weight is 346 g/mol. The number of ether oxygens (including phenoxy) is 2. The number of hydrogen-bond donors (Lipinski definition) is 1. The molecule has 1 aromatic rings. The zero-order valence-corrected chi connectivity index (χ0v) is 13.1. The molecule has 0 spiro atoms. The molecule has 8 heteroatoms. The molecule has 0 saturated heterocycles. The minimum atomic E-state index is -3.18. The van der Waals surface area contributed by atoms with Crippen LogP contribution in [0.1, 0.15) is 31.2 Å². The molecule has 0 aromatic heterocycles. The predicted molar refractivity (Wildman–Crippen MR) is 78.3 cm³/mol. The van der Waals surface area contributed by atoms with E-state index in [1.807, 2.05) is 7.05 Å². The summed E-state index contributed by atoms with van der Waals surface area (Å²) < 4.78 is 58.4. The van der Waals surface area contributed by atoms with E-state index < -0.39 is 30.1 Å². The van der Waals surface area contributed by atoms with Crippen LogP contribution in [-0.2, 0) is 5.41 Å². The maximum Gasteiger partial charge on any atom is 0.387 e. The number of halogens is 4. The van der Waals surface area contributed by atoms with Crippen LogP contribution in [-0.4, -0.2) is 26.3 Å². The van der Waals surface area contributed by atoms with Crippen molar-refractivity contribution in [3.8, 4) is 17.6 Å². The number of nitrogens with zero attached hydrogens (tertiary/aromatic N) is 1. The van der Waals surface area contributed by atoms with Gasteiger partial charge in [0.2, 0.25) is 0 Å². The normalized spacial score (nSPS) is 24.0. The van der Waals surface area contributed by atoms with Crippen molar-refractivity contribution in [2.75, 3.05) is 7.05 Å². The molecule has 1 aliphatic carbocycles. The topological polar surface area (TPSA) is 54.3 Å². The second-order valence-electron chi connectivity index (χ2n) is 5.68. The summed E-state index contributed by atoms with van der Waals surface area (Å²) in [5, 5.41) is 12.8. The van der Waals surface area contributed by atoms with Crippen LogP contribution in [0.3, 0.4) is 0 Å². The molecule has 0 unspecified atom stereocenters. The Labute approximate surface area is 137 Å². The van der Waals surface area contributed by atoms with E-state index in [9.17, 15) is 22.8 Å². The highest BCUT2D eigenvalue weighted by atomic mass is 19.3. The van der Waals surface area contributed by atoms with Gasteiger partial charge in [-0.2, -0.15) is 22.8 Å². The van der Waals surface area contributed by atoms with Gasteiger partial charge in [-0.25, -0.2) is 0 Å². The number of benzene rings is 1. The van der Waals surface area contributed by atoms with E-state index in [0.717, 1.165) is 18.9 Å². The molecule has 0 bridgehead atoms. The Morgan fingerprint density at radius 3 is 2.21 bits per heavy atom. The standard InChI is InChI=1S/C16H18F4N2O2/c1-22-11-4-6-16(9-21,7-5-11)10-2-3-12(23-14(17)18)13(8-10)24-15(19)20/h2-3,8,11,14-15,22H,4-7H2,1H3. The third kappa shape index (κ3) is 4.09. The molecule has 1 saturated carbocycles. The summed E-state index contributed by atoms with van der Waals surface area (Å²) in [5.74, 6) is -0.973. The van der Waals surface area contributed by atoms with Crippen LogP contribution < -0.4 is 14.8 Å². The van der Waals surface area contributed by atoms with E-state index >= 15 is 0 Å². The Bertz CT molecular complexity index is 596. The van der Waals surface area contributed by atoms with Gasteiger partial charge in [0, 0.05) is 6.04 Å². The zero-order valence-electron chi connectivity index (χ0n) is 13.1. The van der Waals surface area contributed by atoms with Crippen molar-refractivity contribution in [3.63, 3.8) is 0 Å². The molecule has 0 aliphatic heterocycles. The number of nitrogens with one attached hydrogen (secondary N) is 1. The maximum absolute atomic E-state index is 12.5. The van der Waals surface area contributed by atoms with Gasteiger partial charge in [0.15, 0.2) is 11.5 Å². The zero-order chi connectivity index (χ0) is 17.7. The fourth-order valence-electron chi connectivity index (χ4n) is 3.05. The fraction of sp³-hybridized carbons (Fsp3) is 0.562. The smallest absolute Gasteiger partial charge is 0.387 e. The highest BCUT2D eigenvalue weighted by Gasteiger charge is 2.37. The molecule has 4 nitrogen and oxygen atoms in total. The van der Waals surface area contributed by atoms with E-state index in [1.165, 1.54) is 12.1 Å². The van der Waals surface area contributed by atoms with Crippen molar-refractivity contribution in [2.45, 2.75) is 50.4 Å². The van der Waals surface area contributed by atoms with Crippen LogP contribution >= 0.6 is 0 Å². The summed E-state index contributed by atoms with van der Waals surface area (Å²) in [7, 11) is 1.84. The quantitative estimate of drug-likeness (QED) is 0.796. The highest BCUT2D eigenvalue weighted by Crippen LogP contribution is 2.42. The van der Waals surface area contributed by atoms with Crippen LogP contribution in [0.2, 0.25) is 0 Å².